The Bertz CT molecular complexity index is 1310. The lowest BCUT2D eigenvalue weighted by molar-refractivity contribution is -0.117. The van der Waals surface area contributed by atoms with Gasteiger partial charge in [-0.05, 0) is 42.8 Å². The number of aryl methyl sites for hydroxylation is 1. The van der Waals surface area contributed by atoms with E-state index < -0.39 is 0 Å². The zero-order chi connectivity index (χ0) is 22.2. The number of fused-ring (bicyclic) bond motifs is 1. The number of amides is 1. The normalized spacial score (nSPS) is 16.2. The minimum Gasteiger partial charge on any atom is -0.495 e. The average molecular weight is 446 g/mol. The molecule has 5 rings (SSSR count). The van der Waals surface area contributed by atoms with Gasteiger partial charge in [0.1, 0.15) is 11.6 Å². The molecule has 1 amide bonds. The van der Waals surface area contributed by atoms with Crippen LogP contribution in [0.3, 0.4) is 0 Å². The van der Waals surface area contributed by atoms with Crippen LogP contribution in [0.5, 0.6) is 5.75 Å². The maximum atomic E-state index is 13.1. The maximum Gasteiger partial charge on any atom is 0.227 e. The van der Waals surface area contributed by atoms with Gasteiger partial charge in [-0.15, -0.1) is 0 Å². The molecule has 1 saturated heterocycles. The summed E-state index contributed by atoms with van der Waals surface area (Å²) in [5.41, 5.74) is 5.17. The van der Waals surface area contributed by atoms with Crippen molar-refractivity contribution in [3.05, 3.63) is 88.7 Å². The molecule has 4 aromatic rings. The largest absolute Gasteiger partial charge is 0.495 e. The molecule has 6 heteroatoms. The number of anilines is 1. The van der Waals surface area contributed by atoms with Crippen molar-refractivity contribution >= 4 is 34.2 Å². The molecule has 0 spiro atoms. The Hall–Kier alpha value is -3.31. The van der Waals surface area contributed by atoms with Crippen LogP contribution < -0.4 is 9.64 Å². The summed E-state index contributed by atoms with van der Waals surface area (Å²) in [6, 6.07) is 22.0. The van der Waals surface area contributed by atoms with E-state index in [1.54, 1.807) is 30.2 Å². The Labute approximate surface area is 192 Å². The summed E-state index contributed by atoms with van der Waals surface area (Å²) >= 11 is 6.23. The van der Waals surface area contributed by atoms with Crippen LogP contribution in [0, 0.1) is 6.92 Å². The summed E-state index contributed by atoms with van der Waals surface area (Å²) in [5.74, 6) is 1.59. The highest BCUT2D eigenvalue weighted by Crippen LogP contribution is 2.38. The van der Waals surface area contributed by atoms with Gasteiger partial charge in [0.25, 0.3) is 0 Å². The van der Waals surface area contributed by atoms with Crippen LogP contribution in [0.1, 0.15) is 29.3 Å². The first-order valence-electron chi connectivity index (χ1n) is 10.7. The van der Waals surface area contributed by atoms with Gasteiger partial charge in [0.2, 0.25) is 5.91 Å². The first-order valence-corrected chi connectivity index (χ1v) is 11.1. The number of aromatic nitrogens is 2. The van der Waals surface area contributed by atoms with E-state index in [9.17, 15) is 4.79 Å². The number of benzene rings is 3. The summed E-state index contributed by atoms with van der Waals surface area (Å²) in [5, 5.41) is 0.573. The number of carbonyl (C=O) groups excluding carboxylic acids is 1. The van der Waals surface area contributed by atoms with E-state index in [1.807, 2.05) is 18.2 Å². The molecule has 0 radical (unpaired) electrons. The van der Waals surface area contributed by atoms with E-state index in [0.29, 0.717) is 36.0 Å². The molecule has 0 bridgehead atoms. The SMILES string of the molecule is COc1ccc(Cl)cc1N1C[C@@H](c2nc3ccccc3n2Cc2cccc(C)c2)CC1=O. The third kappa shape index (κ3) is 3.73. The Morgan fingerprint density at radius 2 is 1.94 bits per heavy atom. The summed E-state index contributed by atoms with van der Waals surface area (Å²) in [6.45, 7) is 3.34. The summed E-state index contributed by atoms with van der Waals surface area (Å²) in [6.07, 6.45) is 0.396. The van der Waals surface area contributed by atoms with E-state index >= 15 is 0 Å². The fraction of sp³-hybridized carbons (Fsp3) is 0.231. The maximum absolute atomic E-state index is 13.1. The number of nitrogens with zero attached hydrogens (tertiary/aromatic N) is 3. The quantitative estimate of drug-likeness (QED) is 0.403. The van der Waals surface area contributed by atoms with Gasteiger partial charge in [0, 0.05) is 30.5 Å². The van der Waals surface area contributed by atoms with Gasteiger partial charge in [-0.3, -0.25) is 4.79 Å². The molecule has 1 aliphatic heterocycles. The minimum atomic E-state index is -0.0246. The number of halogens is 1. The van der Waals surface area contributed by atoms with Crippen LogP contribution in [-0.2, 0) is 11.3 Å². The predicted octanol–water partition coefficient (Wildman–Crippen LogP) is 5.58. The number of ether oxygens (including phenoxy) is 1. The third-order valence-corrected chi connectivity index (χ3v) is 6.26. The lowest BCUT2D eigenvalue weighted by atomic mass is 10.1. The van der Waals surface area contributed by atoms with Gasteiger partial charge in [-0.2, -0.15) is 0 Å². The highest BCUT2D eigenvalue weighted by atomic mass is 35.5. The van der Waals surface area contributed by atoms with Crippen LogP contribution in [0.4, 0.5) is 5.69 Å². The first kappa shape index (κ1) is 20.6. The van der Waals surface area contributed by atoms with Crippen molar-refractivity contribution < 1.29 is 9.53 Å². The number of rotatable bonds is 5. The molecule has 162 valence electrons. The zero-order valence-corrected chi connectivity index (χ0v) is 18.8. The van der Waals surface area contributed by atoms with Crippen molar-refractivity contribution in [2.24, 2.45) is 0 Å². The Morgan fingerprint density at radius 1 is 1.09 bits per heavy atom. The second kappa shape index (κ2) is 8.32. The van der Waals surface area contributed by atoms with Crippen LogP contribution >= 0.6 is 11.6 Å². The van der Waals surface area contributed by atoms with Crippen LogP contribution in [0.25, 0.3) is 11.0 Å². The second-order valence-electron chi connectivity index (χ2n) is 8.26. The Morgan fingerprint density at radius 3 is 2.75 bits per heavy atom. The van der Waals surface area contributed by atoms with Gasteiger partial charge in [0.05, 0.1) is 23.8 Å². The minimum absolute atomic E-state index is 0.0246. The Balaban J connectivity index is 1.54. The molecular weight excluding hydrogens is 422 g/mol. The number of carbonyl (C=O) groups is 1. The van der Waals surface area contributed by atoms with Gasteiger partial charge in [0.15, 0.2) is 0 Å². The van der Waals surface area contributed by atoms with Crippen LogP contribution in [0.15, 0.2) is 66.7 Å². The highest BCUT2D eigenvalue weighted by molar-refractivity contribution is 6.31. The van der Waals surface area contributed by atoms with E-state index in [0.717, 1.165) is 16.9 Å². The molecule has 3 aromatic carbocycles. The van der Waals surface area contributed by atoms with Gasteiger partial charge in [-0.1, -0.05) is 53.6 Å². The molecule has 5 nitrogen and oxygen atoms in total. The topological polar surface area (TPSA) is 47.4 Å². The van der Waals surface area contributed by atoms with E-state index in [1.165, 1.54) is 11.1 Å². The summed E-state index contributed by atoms with van der Waals surface area (Å²) < 4.78 is 7.74. The fourth-order valence-electron chi connectivity index (χ4n) is 4.55. The molecule has 1 aromatic heterocycles. The van der Waals surface area contributed by atoms with Gasteiger partial charge >= 0.3 is 0 Å². The van der Waals surface area contributed by atoms with Crippen molar-refractivity contribution in [3.63, 3.8) is 0 Å². The lowest BCUT2D eigenvalue weighted by Gasteiger charge is -2.20. The molecule has 2 heterocycles. The number of methoxy groups -OCH3 is 1. The zero-order valence-electron chi connectivity index (χ0n) is 18.1. The summed E-state index contributed by atoms with van der Waals surface area (Å²) in [7, 11) is 1.60. The summed E-state index contributed by atoms with van der Waals surface area (Å²) in [4.78, 5) is 19.8. The van der Waals surface area contributed by atoms with Gasteiger partial charge in [-0.25, -0.2) is 4.98 Å². The van der Waals surface area contributed by atoms with E-state index in [-0.39, 0.29) is 11.8 Å². The number of imidazole rings is 1. The van der Waals surface area contributed by atoms with Crippen molar-refractivity contribution in [2.45, 2.75) is 25.8 Å². The van der Waals surface area contributed by atoms with E-state index in [2.05, 4.69) is 41.8 Å². The average Bonchev–Trinajstić information content (AvgIpc) is 3.34. The van der Waals surface area contributed by atoms with E-state index in [4.69, 9.17) is 21.3 Å². The van der Waals surface area contributed by atoms with Crippen LogP contribution in [0.2, 0.25) is 5.02 Å². The smallest absolute Gasteiger partial charge is 0.227 e. The number of hydrogen-bond acceptors (Lipinski definition) is 3. The Kier molecular flexibility index (Phi) is 5.35. The molecular formula is C26H24ClN3O2. The van der Waals surface area contributed by atoms with Crippen molar-refractivity contribution in [1.29, 1.82) is 0 Å². The molecule has 0 unspecified atom stereocenters. The lowest BCUT2D eigenvalue weighted by Crippen LogP contribution is -2.25. The highest BCUT2D eigenvalue weighted by Gasteiger charge is 2.36. The van der Waals surface area contributed by atoms with Crippen molar-refractivity contribution in [1.82, 2.24) is 9.55 Å². The molecule has 0 aliphatic carbocycles. The molecule has 0 saturated carbocycles. The number of hydrogen-bond donors (Lipinski definition) is 0. The molecule has 0 N–H and O–H groups in total. The van der Waals surface area contributed by atoms with Crippen molar-refractivity contribution in [2.75, 3.05) is 18.6 Å². The van der Waals surface area contributed by atoms with Crippen LogP contribution in [-0.4, -0.2) is 29.1 Å². The first-order chi connectivity index (χ1) is 15.5. The fourth-order valence-corrected chi connectivity index (χ4v) is 4.72. The van der Waals surface area contributed by atoms with Gasteiger partial charge < -0.3 is 14.2 Å². The molecule has 1 aliphatic rings. The molecule has 1 fully saturated rings. The molecule has 1 atom stereocenters. The number of para-hydroxylation sites is 2. The predicted molar refractivity (Wildman–Crippen MR) is 128 cm³/mol. The second-order valence-corrected chi connectivity index (χ2v) is 8.69. The molecule has 32 heavy (non-hydrogen) atoms. The standard InChI is InChI=1S/C26H24ClN3O2/c1-17-6-5-7-18(12-17)15-30-22-9-4-3-8-21(22)28-26(30)19-13-25(31)29(16-19)23-14-20(27)10-11-24(23)32-2/h3-12,14,19H,13,15-16H2,1-2H3/t19-/m0/s1. The third-order valence-electron chi connectivity index (χ3n) is 6.03. The monoisotopic (exact) mass is 445 g/mol. The van der Waals surface area contributed by atoms with Crippen molar-refractivity contribution in [3.8, 4) is 5.75 Å².